The molecular formula is C18H31N. The third kappa shape index (κ3) is 6.56. The van der Waals surface area contributed by atoms with Crippen molar-refractivity contribution in [3.63, 3.8) is 0 Å². The summed E-state index contributed by atoms with van der Waals surface area (Å²) in [4.78, 5) is 4.92. The highest BCUT2D eigenvalue weighted by atomic mass is 14.8. The highest BCUT2D eigenvalue weighted by molar-refractivity contribution is 5.87. The molecule has 0 aliphatic carbocycles. The van der Waals surface area contributed by atoms with E-state index in [1.54, 1.807) is 0 Å². The van der Waals surface area contributed by atoms with Gasteiger partial charge in [-0.15, -0.1) is 0 Å². The van der Waals surface area contributed by atoms with Crippen LogP contribution in [-0.4, -0.2) is 5.71 Å². The zero-order valence-corrected chi connectivity index (χ0v) is 14.3. The van der Waals surface area contributed by atoms with Crippen molar-refractivity contribution >= 4 is 5.71 Å². The molecule has 0 fully saturated rings. The van der Waals surface area contributed by atoms with Crippen molar-refractivity contribution in [2.75, 3.05) is 0 Å². The van der Waals surface area contributed by atoms with Gasteiger partial charge < -0.3 is 0 Å². The summed E-state index contributed by atoms with van der Waals surface area (Å²) in [6.07, 6.45) is 8.29. The van der Waals surface area contributed by atoms with Gasteiger partial charge in [-0.05, 0) is 31.8 Å². The maximum absolute atomic E-state index is 4.92. The van der Waals surface area contributed by atoms with E-state index in [1.807, 2.05) is 19.1 Å². The van der Waals surface area contributed by atoms with Crippen molar-refractivity contribution in [2.24, 2.45) is 15.8 Å². The van der Waals surface area contributed by atoms with Crippen LogP contribution in [0.4, 0.5) is 0 Å². The highest BCUT2D eigenvalue weighted by Gasteiger charge is 2.21. The van der Waals surface area contributed by atoms with Gasteiger partial charge in [-0.25, -0.2) is 0 Å². The first kappa shape index (κ1) is 17.9. The van der Waals surface area contributed by atoms with Crippen LogP contribution >= 0.6 is 0 Å². The van der Waals surface area contributed by atoms with Gasteiger partial charge in [-0.2, -0.15) is 0 Å². The van der Waals surface area contributed by atoms with E-state index in [1.165, 1.54) is 17.0 Å². The highest BCUT2D eigenvalue weighted by Crippen LogP contribution is 2.31. The van der Waals surface area contributed by atoms with Crippen LogP contribution in [0.3, 0.4) is 0 Å². The fourth-order valence-corrected chi connectivity index (χ4v) is 1.57. The Morgan fingerprint density at radius 3 is 1.74 bits per heavy atom. The lowest BCUT2D eigenvalue weighted by Crippen LogP contribution is -2.19. The Morgan fingerprint density at radius 1 is 0.842 bits per heavy atom. The Kier molecular flexibility index (Phi) is 6.48. The average Bonchev–Trinajstić information content (AvgIpc) is 2.22. The molecule has 0 aliphatic heterocycles. The Labute approximate surface area is 120 Å². The molecule has 0 heterocycles. The fourth-order valence-electron chi connectivity index (χ4n) is 1.57. The van der Waals surface area contributed by atoms with Gasteiger partial charge in [-0.3, -0.25) is 4.99 Å². The number of aliphatic imine (C=N–C) groups is 1. The Morgan fingerprint density at radius 2 is 1.37 bits per heavy atom. The Bertz CT molecular complexity index is 404. The summed E-state index contributed by atoms with van der Waals surface area (Å²) in [6.45, 7) is 19.5. The van der Waals surface area contributed by atoms with Crippen LogP contribution in [0.2, 0.25) is 0 Å². The molecule has 0 aromatic carbocycles. The predicted molar refractivity (Wildman–Crippen MR) is 88.7 cm³/mol. The number of nitrogens with zero attached hydrogens (tertiary/aromatic N) is 1. The van der Waals surface area contributed by atoms with Crippen LogP contribution in [0, 0.1) is 10.8 Å². The molecule has 0 aliphatic rings. The largest absolute Gasteiger partial charge is 0.261 e. The summed E-state index contributed by atoms with van der Waals surface area (Å²) < 4.78 is 0. The van der Waals surface area contributed by atoms with E-state index in [4.69, 9.17) is 4.99 Å². The molecule has 0 spiro atoms. The van der Waals surface area contributed by atoms with Crippen LogP contribution in [0.25, 0.3) is 0 Å². The van der Waals surface area contributed by atoms with Crippen molar-refractivity contribution in [3.8, 4) is 0 Å². The second-order valence-electron chi connectivity index (χ2n) is 7.11. The molecule has 19 heavy (non-hydrogen) atoms. The van der Waals surface area contributed by atoms with E-state index in [2.05, 4.69) is 67.5 Å². The predicted octanol–water partition coefficient (Wildman–Crippen LogP) is 5.95. The van der Waals surface area contributed by atoms with E-state index >= 15 is 0 Å². The molecule has 0 saturated carbocycles. The summed E-state index contributed by atoms with van der Waals surface area (Å²) in [5.74, 6) is 0. The van der Waals surface area contributed by atoms with Crippen molar-refractivity contribution in [2.45, 2.75) is 62.3 Å². The quantitative estimate of drug-likeness (QED) is 0.440. The molecular weight excluding hydrogens is 230 g/mol. The number of rotatable bonds is 3. The third-order valence-electron chi connectivity index (χ3n) is 3.10. The van der Waals surface area contributed by atoms with Crippen molar-refractivity contribution in [1.82, 2.24) is 0 Å². The van der Waals surface area contributed by atoms with E-state index in [9.17, 15) is 0 Å². The summed E-state index contributed by atoms with van der Waals surface area (Å²) in [5.41, 5.74) is 3.74. The standard InChI is InChI=1S/C18H31N/c1-10-11-12-13-14(2)16(18(7,8)9)19-15(3)17(4,5)6/h10-13H,1-9H3/b11-10-,13-12-,16-14+,19-15?. The van der Waals surface area contributed by atoms with Crippen molar-refractivity contribution in [3.05, 3.63) is 35.6 Å². The third-order valence-corrected chi connectivity index (χ3v) is 3.10. The van der Waals surface area contributed by atoms with Gasteiger partial charge in [0.15, 0.2) is 0 Å². The van der Waals surface area contributed by atoms with Crippen molar-refractivity contribution in [1.29, 1.82) is 0 Å². The van der Waals surface area contributed by atoms with Gasteiger partial charge in [0.1, 0.15) is 0 Å². The average molecular weight is 261 g/mol. The van der Waals surface area contributed by atoms with Crippen LogP contribution in [0.5, 0.6) is 0 Å². The second kappa shape index (κ2) is 6.88. The lowest BCUT2D eigenvalue weighted by atomic mass is 9.87. The smallest absolute Gasteiger partial charge is 0.0485 e. The topological polar surface area (TPSA) is 12.4 Å². The molecule has 0 aromatic rings. The maximum Gasteiger partial charge on any atom is 0.0485 e. The lowest BCUT2D eigenvalue weighted by Gasteiger charge is -2.25. The molecule has 0 saturated heterocycles. The number of hydrogen-bond acceptors (Lipinski definition) is 1. The van der Waals surface area contributed by atoms with Gasteiger partial charge in [0.25, 0.3) is 0 Å². The van der Waals surface area contributed by atoms with E-state index in [0.717, 1.165) is 0 Å². The second-order valence-corrected chi connectivity index (χ2v) is 7.11. The summed E-state index contributed by atoms with van der Waals surface area (Å²) in [5, 5.41) is 0. The lowest BCUT2D eigenvalue weighted by molar-refractivity contribution is 0.490. The first-order valence-electron chi connectivity index (χ1n) is 7.06. The number of allylic oxidation sites excluding steroid dienone is 6. The summed E-state index contributed by atoms with van der Waals surface area (Å²) >= 11 is 0. The minimum Gasteiger partial charge on any atom is -0.261 e. The van der Waals surface area contributed by atoms with Crippen LogP contribution < -0.4 is 0 Å². The Balaban J connectivity index is 5.67. The Hall–Kier alpha value is -1.11. The van der Waals surface area contributed by atoms with E-state index < -0.39 is 0 Å². The summed E-state index contributed by atoms with van der Waals surface area (Å²) in [6, 6.07) is 0. The molecule has 0 rings (SSSR count). The first-order chi connectivity index (χ1) is 8.50. The van der Waals surface area contributed by atoms with Gasteiger partial charge in [-0.1, -0.05) is 65.8 Å². The first-order valence-corrected chi connectivity index (χ1v) is 7.06. The van der Waals surface area contributed by atoms with Crippen LogP contribution in [-0.2, 0) is 0 Å². The van der Waals surface area contributed by atoms with Gasteiger partial charge in [0.05, 0.1) is 0 Å². The molecule has 0 radical (unpaired) electrons. The summed E-state index contributed by atoms with van der Waals surface area (Å²) in [7, 11) is 0. The SMILES string of the molecule is C\C=C/C=C\C(C)=C(\N=C(C)C(C)(C)C)C(C)(C)C. The van der Waals surface area contributed by atoms with Crippen LogP contribution in [0.15, 0.2) is 40.6 Å². The van der Waals surface area contributed by atoms with Crippen LogP contribution in [0.1, 0.15) is 62.3 Å². The van der Waals surface area contributed by atoms with E-state index in [-0.39, 0.29) is 10.8 Å². The monoisotopic (exact) mass is 261 g/mol. The van der Waals surface area contributed by atoms with Crippen molar-refractivity contribution < 1.29 is 0 Å². The zero-order chi connectivity index (χ0) is 15.3. The normalized spacial score (nSPS) is 16.4. The molecule has 1 nitrogen and oxygen atoms in total. The number of hydrogen-bond donors (Lipinski definition) is 0. The van der Waals surface area contributed by atoms with Gasteiger partial charge in [0.2, 0.25) is 0 Å². The molecule has 0 amide bonds. The molecule has 0 atom stereocenters. The minimum atomic E-state index is 0.0524. The van der Waals surface area contributed by atoms with Gasteiger partial charge in [0, 0.05) is 16.8 Å². The molecule has 0 N–H and O–H groups in total. The molecule has 108 valence electrons. The van der Waals surface area contributed by atoms with Gasteiger partial charge >= 0.3 is 0 Å². The molecule has 0 bridgehead atoms. The molecule has 1 heteroatoms. The maximum atomic E-state index is 4.92. The van der Waals surface area contributed by atoms with E-state index in [0.29, 0.717) is 0 Å². The fraction of sp³-hybridized carbons (Fsp3) is 0.611. The molecule has 0 unspecified atom stereocenters. The zero-order valence-electron chi connectivity index (χ0n) is 14.3. The molecule has 0 aromatic heterocycles. The minimum absolute atomic E-state index is 0.0524.